The van der Waals surface area contributed by atoms with Crippen molar-refractivity contribution in [2.75, 3.05) is 11.1 Å². The van der Waals surface area contributed by atoms with E-state index in [-0.39, 0.29) is 24.1 Å². The maximum absolute atomic E-state index is 13.0. The molecule has 0 saturated carbocycles. The van der Waals surface area contributed by atoms with Crippen LogP contribution in [-0.2, 0) is 17.9 Å². The van der Waals surface area contributed by atoms with E-state index in [0.29, 0.717) is 23.3 Å². The maximum atomic E-state index is 13.0. The van der Waals surface area contributed by atoms with E-state index in [1.807, 2.05) is 43.5 Å². The summed E-state index contributed by atoms with van der Waals surface area (Å²) < 4.78 is 20.5. The number of thioether (sulfide) groups is 1. The van der Waals surface area contributed by atoms with Crippen molar-refractivity contribution in [2.45, 2.75) is 39.1 Å². The van der Waals surface area contributed by atoms with Crippen molar-refractivity contribution in [3.8, 4) is 5.75 Å². The van der Waals surface area contributed by atoms with Crippen molar-refractivity contribution in [1.82, 2.24) is 14.8 Å². The van der Waals surface area contributed by atoms with Crippen molar-refractivity contribution in [2.24, 2.45) is 0 Å². The van der Waals surface area contributed by atoms with Crippen LogP contribution in [-0.4, -0.2) is 26.4 Å². The molecule has 3 rings (SSSR count). The Hall–Kier alpha value is -2.87. The van der Waals surface area contributed by atoms with E-state index in [9.17, 15) is 9.18 Å². The molecule has 1 amide bonds. The fourth-order valence-electron chi connectivity index (χ4n) is 2.85. The molecule has 0 aliphatic rings. The Bertz CT molecular complexity index is 969. The van der Waals surface area contributed by atoms with Crippen LogP contribution in [0.4, 0.5) is 10.1 Å². The van der Waals surface area contributed by atoms with E-state index in [1.165, 1.54) is 23.9 Å². The van der Waals surface area contributed by atoms with Crippen LogP contribution < -0.4 is 10.1 Å². The van der Waals surface area contributed by atoms with E-state index in [1.54, 1.807) is 12.1 Å². The number of carbonyl (C=O) groups is 1. The normalized spacial score (nSPS) is 10.8. The molecule has 1 heterocycles. The summed E-state index contributed by atoms with van der Waals surface area (Å²) in [6.45, 7) is 6.77. The van der Waals surface area contributed by atoms with Crippen molar-refractivity contribution in [3.63, 3.8) is 0 Å². The number of aromatic nitrogens is 3. The number of carbonyl (C=O) groups excluding carboxylic acids is 1. The molecule has 1 N–H and O–H groups in total. The lowest BCUT2D eigenvalue weighted by Crippen LogP contribution is -2.16. The molecule has 0 radical (unpaired) electrons. The van der Waals surface area contributed by atoms with Crippen molar-refractivity contribution in [1.29, 1.82) is 0 Å². The van der Waals surface area contributed by atoms with Crippen LogP contribution in [0.2, 0.25) is 0 Å². The average molecular weight is 415 g/mol. The lowest BCUT2D eigenvalue weighted by Gasteiger charge is -2.11. The van der Waals surface area contributed by atoms with Gasteiger partial charge in [-0.3, -0.25) is 4.79 Å². The summed E-state index contributed by atoms with van der Waals surface area (Å²) in [5.74, 6) is 1.02. The predicted molar refractivity (Wildman–Crippen MR) is 112 cm³/mol. The highest BCUT2D eigenvalue weighted by molar-refractivity contribution is 7.99. The zero-order chi connectivity index (χ0) is 20.8. The number of halogens is 1. The van der Waals surface area contributed by atoms with Gasteiger partial charge in [0.1, 0.15) is 18.2 Å². The fourth-order valence-corrected chi connectivity index (χ4v) is 3.67. The summed E-state index contributed by atoms with van der Waals surface area (Å²) in [5.41, 5.74) is 2.91. The molecular weight excluding hydrogens is 391 g/mol. The molecule has 8 heteroatoms. The molecule has 6 nitrogen and oxygen atoms in total. The summed E-state index contributed by atoms with van der Waals surface area (Å²) in [4.78, 5) is 12.4. The molecule has 0 bridgehead atoms. The number of anilines is 1. The van der Waals surface area contributed by atoms with Gasteiger partial charge in [-0.25, -0.2) is 4.39 Å². The topological polar surface area (TPSA) is 69.0 Å². The number of amides is 1. The Morgan fingerprint density at radius 3 is 2.48 bits per heavy atom. The van der Waals surface area contributed by atoms with Crippen LogP contribution in [0.15, 0.2) is 47.6 Å². The number of hydrogen-bond donors (Lipinski definition) is 1. The molecule has 1 aromatic heterocycles. The van der Waals surface area contributed by atoms with Crippen molar-refractivity contribution in [3.05, 3.63) is 65.2 Å². The highest BCUT2D eigenvalue weighted by Gasteiger charge is 2.14. The fraction of sp³-hybridized carbons (Fsp3) is 0.286. The van der Waals surface area contributed by atoms with Gasteiger partial charge in [0, 0.05) is 12.2 Å². The van der Waals surface area contributed by atoms with Gasteiger partial charge in [-0.1, -0.05) is 30.0 Å². The van der Waals surface area contributed by atoms with Gasteiger partial charge in [0.05, 0.1) is 5.75 Å². The van der Waals surface area contributed by atoms with Gasteiger partial charge in [-0.2, -0.15) is 0 Å². The number of nitrogens with one attached hydrogen (secondary N) is 1. The minimum atomic E-state index is -0.313. The van der Waals surface area contributed by atoms with Crippen LogP contribution in [0.5, 0.6) is 5.75 Å². The number of ether oxygens (including phenoxy) is 1. The molecule has 152 valence electrons. The zero-order valence-electron chi connectivity index (χ0n) is 16.6. The molecule has 0 atom stereocenters. The van der Waals surface area contributed by atoms with Crippen LogP contribution >= 0.6 is 11.8 Å². The second-order valence-corrected chi connectivity index (χ2v) is 7.43. The standard InChI is InChI=1S/C21H23FN4O2S/c1-4-26-18(12-28-17-10-8-16(22)9-11-17)24-25-21(26)29-13-19(27)23-20-14(2)6-5-7-15(20)3/h5-11H,4,12-13H2,1-3H3,(H,23,27). The Morgan fingerprint density at radius 2 is 1.83 bits per heavy atom. The van der Waals surface area contributed by atoms with Crippen LogP contribution in [0.1, 0.15) is 23.9 Å². The first-order valence-electron chi connectivity index (χ1n) is 9.27. The molecule has 0 saturated heterocycles. The molecule has 0 unspecified atom stereocenters. The number of para-hydroxylation sites is 1. The Labute approximate surface area is 173 Å². The number of rotatable bonds is 8. The van der Waals surface area contributed by atoms with E-state index < -0.39 is 0 Å². The van der Waals surface area contributed by atoms with Crippen LogP contribution in [0.3, 0.4) is 0 Å². The third kappa shape index (κ3) is 5.35. The molecule has 0 aliphatic carbocycles. The highest BCUT2D eigenvalue weighted by Crippen LogP contribution is 2.22. The van der Waals surface area contributed by atoms with E-state index in [0.717, 1.165) is 16.8 Å². The summed E-state index contributed by atoms with van der Waals surface area (Å²) >= 11 is 1.33. The van der Waals surface area contributed by atoms with Gasteiger partial charge in [0.2, 0.25) is 5.91 Å². The monoisotopic (exact) mass is 414 g/mol. The minimum Gasteiger partial charge on any atom is -0.486 e. The second kappa shape index (κ2) is 9.56. The van der Waals surface area contributed by atoms with E-state index in [2.05, 4.69) is 15.5 Å². The molecule has 2 aromatic carbocycles. The molecule has 0 aliphatic heterocycles. The molecule has 3 aromatic rings. The highest BCUT2D eigenvalue weighted by atomic mass is 32.2. The van der Waals surface area contributed by atoms with Gasteiger partial charge in [-0.15, -0.1) is 10.2 Å². The second-order valence-electron chi connectivity index (χ2n) is 6.49. The van der Waals surface area contributed by atoms with Crippen LogP contribution in [0.25, 0.3) is 0 Å². The van der Waals surface area contributed by atoms with Gasteiger partial charge in [0.25, 0.3) is 0 Å². The predicted octanol–water partition coefficient (Wildman–Crippen LogP) is 4.36. The third-order valence-electron chi connectivity index (χ3n) is 4.37. The molecular formula is C21H23FN4O2S. The maximum Gasteiger partial charge on any atom is 0.234 e. The first-order chi connectivity index (χ1) is 14.0. The Kier molecular flexibility index (Phi) is 6.87. The molecule has 29 heavy (non-hydrogen) atoms. The molecule has 0 spiro atoms. The van der Waals surface area contributed by atoms with E-state index in [4.69, 9.17) is 4.74 Å². The smallest absolute Gasteiger partial charge is 0.234 e. The van der Waals surface area contributed by atoms with Crippen molar-refractivity contribution >= 4 is 23.4 Å². The number of nitrogens with zero attached hydrogens (tertiary/aromatic N) is 3. The quantitative estimate of drug-likeness (QED) is 0.555. The first kappa shape index (κ1) is 20.9. The minimum absolute atomic E-state index is 0.0952. The SMILES string of the molecule is CCn1c(COc2ccc(F)cc2)nnc1SCC(=O)Nc1c(C)cccc1C. The van der Waals surface area contributed by atoms with Gasteiger partial charge in [-0.05, 0) is 56.2 Å². The summed E-state index contributed by atoms with van der Waals surface area (Å²) in [7, 11) is 0. The third-order valence-corrected chi connectivity index (χ3v) is 5.34. The van der Waals surface area contributed by atoms with Crippen molar-refractivity contribution < 1.29 is 13.9 Å². The summed E-state index contributed by atoms with van der Waals surface area (Å²) in [5, 5.41) is 12.0. The van der Waals surface area contributed by atoms with Crippen LogP contribution in [0, 0.1) is 19.7 Å². The average Bonchev–Trinajstić information content (AvgIpc) is 3.10. The van der Waals surface area contributed by atoms with Gasteiger partial charge in [0.15, 0.2) is 11.0 Å². The van der Waals surface area contributed by atoms with Gasteiger partial charge < -0.3 is 14.6 Å². The summed E-state index contributed by atoms with van der Waals surface area (Å²) in [6.07, 6.45) is 0. The molecule has 0 fully saturated rings. The largest absolute Gasteiger partial charge is 0.486 e. The summed E-state index contributed by atoms with van der Waals surface area (Å²) in [6, 6.07) is 11.7. The first-order valence-corrected chi connectivity index (χ1v) is 10.3. The lowest BCUT2D eigenvalue weighted by atomic mass is 10.1. The Morgan fingerprint density at radius 1 is 1.14 bits per heavy atom. The zero-order valence-corrected chi connectivity index (χ0v) is 17.4. The van der Waals surface area contributed by atoms with E-state index >= 15 is 0 Å². The Balaban J connectivity index is 1.59. The van der Waals surface area contributed by atoms with Gasteiger partial charge >= 0.3 is 0 Å². The number of hydrogen-bond acceptors (Lipinski definition) is 5. The number of aryl methyl sites for hydroxylation is 2. The lowest BCUT2D eigenvalue weighted by molar-refractivity contribution is -0.113. The number of benzene rings is 2.